The van der Waals surface area contributed by atoms with E-state index >= 15 is 0 Å². The first kappa shape index (κ1) is 20.3. The number of aliphatic hydroxyl groups excluding tert-OH is 1. The van der Waals surface area contributed by atoms with E-state index in [2.05, 4.69) is 11.8 Å². The van der Waals surface area contributed by atoms with Gasteiger partial charge >= 0.3 is 12.1 Å². The Morgan fingerprint density at radius 1 is 1.31 bits per heavy atom. The van der Waals surface area contributed by atoms with Crippen molar-refractivity contribution in [1.29, 1.82) is 0 Å². The van der Waals surface area contributed by atoms with Gasteiger partial charge in [-0.1, -0.05) is 49.7 Å². The predicted octanol–water partition coefficient (Wildman–Crippen LogP) is 4.11. The summed E-state index contributed by atoms with van der Waals surface area (Å²) in [6.45, 7) is -0.253. The lowest BCUT2D eigenvalue weighted by Crippen LogP contribution is -2.37. The predicted molar refractivity (Wildman–Crippen MR) is 93.2 cm³/mol. The van der Waals surface area contributed by atoms with Crippen molar-refractivity contribution < 1.29 is 23.1 Å². The monoisotopic (exact) mass is 367 g/mol. The lowest BCUT2D eigenvalue weighted by atomic mass is 10.0. The molecule has 0 radical (unpaired) electrons. The standard InChI is InChI=1S/C20H24F3NO2/c21-20(22,23)19(26)24-13-12-18(25)17-11-5-10-16(14-17)9-4-3-8-15-6-1-2-7-15/h5,10-11,14-15,18,25H,1-3,6-8,12-13H2,(H,24,26). The Morgan fingerprint density at radius 3 is 2.73 bits per heavy atom. The number of rotatable bonds is 6. The molecule has 1 aromatic rings. The Bertz CT molecular complexity index is 655. The van der Waals surface area contributed by atoms with Crippen LogP contribution < -0.4 is 5.32 Å². The molecule has 0 saturated heterocycles. The van der Waals surface area contributed by atoms with Crippen LogP contribution in [0.4, 0.5) is 13.2 Å². The average Bonchev–Trinajstić information content (AvgIpc) is 3.11. The minimum atomic E-state index is -4.90. The molecule has 26 heavy (non-hydrogen) atoms. The van der Waals surface area contributed by atoms with Gasteiger partial charge in [0.2, 0.25) is 0 Å². The van der Waals surface area contributed by atoms with Crippen molar-refractivity contribution in [2.75, 3.05) is 6.54 Å². The van der Waals surface area contributed by atoms with Gasteiger partial charge in [0.15, 0.2) is 0 Å². The summed E-state index contributed by atoms with van der Waals surface area (Å²) in [5.74, 6) is 5.04. The Morgan fingerprint density at radius 2 is 2.04 bits per heavy atom. The molecule has 1 unspecified atom stereocenters. The summed E-state index contributed by atoms with van der Waals surface area (Å²) >= 11 is 0. The largest absolute Gasteiger partial charge is 0.471 e. The molecule has 0 aromatic heterocycles. The van der Waals surface area contributed by atoms with E-state index in [0.29, 0.717) is 5.56 Å². The Kier molecular flexibility index (Phi) is 7.52. The maximum atomic E-state index is 12.1. The Balaban J connectivity index is 1.80. The van der Waals surface area contributed by atoms with Crippen LogP contribution in [0.2, 0.25) is 0 Å². The second kappa shape index (κ2) is 9.63. The summed E-state index contributed by atoms with van der Waals surface area (Å²) in [6.07, 6.45) is 1.35. The van der Waals surface area contributed by atoms with Crippen molar-refractivity contribution in [3.8, 4) is 11.8 Å². The molecular formula is C20H24F3NO2. The molecule has 142 valence electrons. The van der Waals surface area contributed by atoms with E-state index in [4.69, 9.17) is 0 Å². The first-order chi connectivity index (χ1) is 12.4. The molecule has 1 atom stereocenters. The highest BCUT2D eigenvalue weighted by Gasteiger charge is 2.38. The molecule has 1 fully saturated rings. The van der Waals surface area contributed by atoms with Gasteiger partial charge in [0.05, 0.1) is 6.10 Å². The number of carbonyl (C=O) groups is 1. The van der Waals surface area contributed by atoms with Crippen LogP contribution in [0.25, 0.3) is 0 Å². The normalized spacial score (nSPS) is 16.0. The van der Waals surface area contributed by atoms with Gasteiger partial charge in [0.1, 0.15) is 0 Å². The van der Waals surface area contributed by atoms with E-state index in [1.54, 1.807) is 23.5 Å². The van der Waals surface area contributed by atoms with Crippen LogP contribution in [-0.4, -0.2) is 23.7 Å². The minimum Gasteiger partial charge on any atom is -0.388 e. The smallest absolute Gasteiger partial charge is 0.388 e. The fraction of sp³-hybridized carbons (Fsp3) is 0.550. The van der Waals surface area contributed by atoms with E-state index in [1.807, 2.05) is 6.07 Å². The van der Waals surface area contributed by atoms with Crippen molar-refractivity contribution in [2.24, 2.45) is 5.92 Å². The zero-order chi connectivity index (χ0) is 19.0. The zero-order valence-electron chi connectivity index (χ0n) is 14.6. The van der Waals surface area contributed by atoms with Crippen molar-refractivity contribution >= 4 is 5.91 Å². The fourth-order valence-corrected chi connectivity index (χ4v) is 3.15. The van der Waals surface area contributed by atoms with E-state index in [-0.39, 0.29) is 13.0 Å². The van der Waals surface area contributed by atoms with Crippen molar-refractivity contribution in [3.63, 3.8) is 0 Å². The molecule has 1 aliphatic carbocycles. The second-order valence-electron chi connectivity index (χ2n) is 6.67. The van der Waals surface area contributed by atoms with Gasteiger partial charge in [-0.15, -0.1) is 0 Å². The van der Waals surface area contributed by atoms with E-state index in [1.165, 1.54) is 25.7 Å². The summed E-state index contributed by atoms with van der Waals surface area (Å²) in [4.78, 5) is 10.7. The molecular weight excluding hydrogens is 343 g/mol. The topological polar surface area (TPSA) is 49.3 Å². The molecule has 1 amide bonds. The molecule has 0 aliphatic heterocycles. The third-order valence-electron chi connectivity index (χ3n) is 4.62. The molecule has 1 aliphatic rings. The first-order valence-electron chi connectivity index (χ1n) is 8.98. The van der Waals surface area contributed by atoms with E-state index in [9.17, 15) is 23.1 Å². The molecule has 6 heteroatoms. The number of halogens is 3. The fourth-order valence-electron chi connectivity index (χ4n) is 3.15. The summed E-state index contributed by atoms with van der Waals surface area (Å²) in [5, 5.41) is 11.8. The van der Waals surface area contributed by atoms with Gasteiger partial charge in [0.25, 0.3) is 0 Å². The molecule has 2 rings (SSSR count). The van der Waals surface area contributed by atoms with Gasteiger partial charge in [-0.2, -0.15) is 13.2 Å². The molecule has 1 saturated carbocycles. The van der Waals surface area contributed by atoms with Gasteiger partial charge in [0, 0.05) is 18.5 Å². The number of aliphatic hydroxyl groups is 1. The Hall–Kier alpha value is -2.00. The highest BCUT2D eigenvalue weighted by atomic mass is 19.4. The maximum absolute atomic E-state index is 12.1. The number of alkyl halides is 3. The number of nitrogens with one attached hydrogen (secondary N) is 1. The minimum absolute atomic E-state index is 0.000379. The van der Waals surface area contributed by atoms with Gasteiger partial charge in [-0.05, 0) is 36.5 Å². The van der Waals surface area contributed by atoms with Crippen LogP contribution in [0.15, 0.2) is 24.3 Å². The van der Waals surface area contributed by atoms with Crippen molar-refractivity contribution in [1.82, 2.24) is 5.32 Å². The van der Waals surface area contributed by atoms with E-state index < -0.39 is 18.2 Å². The van der Waals surface area contributed by atoms with Crippen LogP contribution >= 0.6 is 0 Å². The summed E-state index contributed by atoms with van der Waals surface area (Å²) in [5.41, 5.74) is 1.35. The van der Waals surface area contributed by atoms with Crippen LogP contribution in [0.5, 0.6) is 0 Å². The third-order valence-corrected chi connectivity index (χ3v) is 4.62. The number of amides is 1. The van der Waals surface area contributed by atoms with Crippen LogP contribution in [0, 0.1) is 17.8 Å². The molecule has 1 aromatic carbocycles. The van der Waals surface area contributed by atoms with Crippen molar-refractivity contribution in [2.45, 2.75) is 57.2 Å². The number of benzene rings is 1. The first-order valence-corrected chi connectivity index (χ1v) is 8.98. The zero-order valence-corrected chi connectivity index (χ0v) is 14.6. The SMILES string of the molecule is O=C(NCCC(O)c1cccc(C#CCCC2CCCC2)c1)C(F)(F)F. The quantitative estimate of drug-likeness (QED) is 0.744. The third kappa shape index (κ3) is 6.72. The molecule has 0 bridgehead atoms. The Labute approximate surface area is 152 Å². The highest BCUT2D eigenvalue weighted by molar-refractivity contribution is 5.81. The molecule has 2 N–H and O–H groups in total. The maximum Gasteiger partial charge on any atom is 0.471 e. The summed E-state index contributed by atoms with van der Waals surface area (Å²) in [6, 6.07) is 7.02. The van der Waals surface area contributed by atoms with Crippen molar-refractivity contribution in [3.05, 3.63) is 35.4 Å². The summed E-state index contributed by atoms with van der Waals surface area (Å²) < 4.78 is 36.3. The summed E-state index contributed by atoms with van der Waals surface area (Å²) in [7, 11) is 0. The second-order valence-corrected chi connectivity index (χ2v) is 6.67. The highest BCUT2D eigenvalue weighted by Crippen LogP contribution is 2.28. The lowest BCUT2D eigenvalue weighted by molar-refractivity contribution is -0.173. The van der Waals surface area contributed by atoms with Gasteiger partial charge < -0.3 is 10.4 Å². The number of hydrogen-bond acceptors (Lipinski definition) is 2. The molecule has 3 nitrogen and oxygen atoms in total. The van der Waals surface area contributed by atoms with Crippen LogP contribution in [0.1, 0.15) is 62.2 Å². The van der Waals surface area contributed by atoms with Gasteiger partial charge in [-0.3, -0.25) is 4.79 Å². The number of hydrogen-bond donors (Lipinski definition) is 2. The van der Waals surface area contributed by atoms with E-state index in [0.717, 1.165) is 24.3 Å². The van der Waals surface area contributed by atoms with Crippen LogP contribution in [-0.2, 0) is 4.79 Å². The van der Waals surface area contributed by atoms with Gasteiger partial charge in [-0.25, -0.2) is 0 Å². The number of carbonyl (C=O) groups excluding carboxylic acids is 1. The lowest BCUT2D eigenvalue weighted by Gasteiger charge is -2.13. The molecule has 0 spiro atoms. The molecule has 0 heterocycles. The average molecular weight is 367 g/mol. The van der Waals surface area contributed by atoms with Crippen LogP contribution in [0.3, 0.4) is 0 Å².